The van der Waals surface area contributed by atoms with E-state index in [-0.39, 0.29) is 12.0 Å². The maximum atomic E-state index is 12.5. The summed E-state index contributed by atoms with van der Waals surface area (Å²) in [5.74, 6) is -0.176. The van der Waals surface area contributed by atoms with Gasteiger partial charge in [0.1, 0.15) is 6.10 Å². The zero-order valence-corrected chi connectivity index (χ0v) is 19.7. The third-order valence-corrected chi connectivity index (χ3v) is 6.41. The molecule has 4 rings (SSSR count). The average molecular weight is 469 g/mol. The van der Waals surface area contributed by atoms with Crippen LogP contribution in [0.5, 0.6) is 0 Å². The summed E-state index contributed by atoms with van der Waals surface area (Å²) in [5.41, 5.74) is 8.75. The van der Waals surface area contributed by atoms with Crippen molar-refractivity contribution in [2.75, 3.05) is 61.9 Å². The number of ether oxygens (including phenoxy) is 2. The van der Waals surface area contributed by atoms with Crippen LogP contribution in [0.4, 0.5) is 17.1 Å². The molecule has 2 heterocycles. The Bertz CT molecular complexity index is 947. The van der Waals surface area contributed by atoms with Crippen LogP contribution in [-0.2, 0) is 9.47 Å². The van der Waals surface area contributed by atoms with E-state index in [4.69, 9.17) is 27.4 Å². The van der Waals surface area contributed by atoms with E-state index in [9.17, 15) is 4.79 Å². The van der Waals surface area contributed by atoms with Crippen molar-refractivity contribution < 1.29 is 14.3 Å². The minimum absolute atomic E-state index is 0.116. The Morgan fingerprint density at radius 2 is 1.88 bits per heavy atom. The second kappa shape index (κ2) is 11.4. The number of rotatable bonds is 8. The van der Waals surface area contributed by atoms with E-state index in [1.165, 1.54) is 0 Å². The molecule has 2 aliphatic rings. The van der Waals surface area contributed by atoms with E-state index in [0.717, 1.165) is 70.9 Å². The minimum atomic E-state index is -0.176. The lowest BCUT2D eigenvalue weighted by atomic mass is 10.1. The molecule has 2 saturated heterocycles. The number of morpholine rings is 1. The minimum Gasteiger partial charge on any atom is -0.482 e. The summed E-state index contributed by atoms with van der Waals surface area (Å²) in [6, 6.07) is 14.9. The molecule has 0 spiro atoms. The van der Waals surface area contributed by atoms with Crippen LogP contribution >= 0.6 is 12.2 Å². The second-order valence-corrected chi connectivity index (χ2v) is 8.95. The lowest BCUT2D eigenvalue weighted by Gasteiger charge is -2.26. The molecule has 2 aromatic carbocycles. The Labute approximate surface area is 200 Å². The first-order chi connectivity index (χ1) is 16.1. The molecule has 0 unspecified atom stereocenters. The van der Waals surface area contributed by atoms with Crippen molar-refractivity contribution >= 4 is 40.2 Å². The molecule has 0 aromatic heterocycles. The quantitative estimate of drug-likeness (QED) is 0.453. The number of para-hydroxylation sites is 2. The third kappa shape index (κ3) is 6.66. The van der Waals surface area contributed by atoms with Crippen LogP contribution in [0.15, 0.2) is 48.5 Å². The summed E-state index contributed by atoms with van der Waals surface area (Å²) in [6.45, 7) is 6.42. The summed E-state index contributed by atoms with van der Waals surface area (Å²) >= 11 is 5.48. The average Bonchev–Trinajstić information content (AvgIpc) is 3.29. The van der Waals surface area contributed by atoms with Gasteiger partial charge in [-0.3, -0.25) is 9.69 Å². The first-order valence-electron chi connectivity index (χ1n) is 11.6. The normalized spacial score (nSPS) is 18.8. The van der Waals surface area contributed by atoms with Crippen LogP contribution < -0.4 is 16.0 Å². The van der Waals surface area contributed by atoms with Gasteiger partial charge in [-0.1, -0.05) is 12.1 Å². The smallest absolute Gasteiger partial charge is 0.255 e. The lowest BCUT2D eigenvalue weighted by Crippen LogP contribution is -2.37. The van der Waals surface area contributed by atoms with Gasteiger partial charge in [0.05, 0.1) is 31.1 Å². The molecule has 0 radical (unpaired) electrons. The monoisotopic (exact) mass is 468 g/mol. The molecule has 0 aliphatic carbocycles. The first-order valence-corrected chi connectivity index (χ1v) is 12.0. The van der Waals surface area contributed by atoms with Crippen molar-refractivity contribution in [3.05, 3.63) is 54.1 Å². The number of anilines is 3. The van der Waals surface area contributed by atoms with Crippen LogP contribution in [0.3, 0.4) is 0 Å². The fourth-order valence-corrected chi connectivity index (χ4v) is 4.48. The molecule has 7 nitrogen and oxygen atoms in total. The molecule has 8 heteroatoms. The van der Waals surface area contributed by atoms with Crippen molar-refractivity contribution in [2.24, 2.45) is 0 Å². The predicted octanol–water partition coefficient (Wildman–Crippen LogP) is 3.56. The number of hydrogen-bond acceptors (Lipinski definition) is 7. The van der Waals surface area contributed by atoms with Crippen LogP contribution in [0.2, 0.25) is 0 Å². The molecule has 2 fully saturated rings. The molecular weight excluding hydrogens is 436 g/mol. The van der Waals surface area contributed by atoms with Gasteiger partial charge in [-0.15, -0.1) is 0 Å². The number of thiocarbonyl (C=S) groups is 1. The molecule has 0 saturated carbocycles. The van der Waals surface area contributed by atoms with Gasteiger partial charge in [0.25, 0.3) is 5.91 Å². The molecule has 2 aromatic rings. The van der Waals surface area contributed by atoms with Crippen molar-refractivity contribution in [3.63, 3.8) is 0 Å². The zero-order chi connectivity index (χ0) is 23.0. The van der Waals surface area contributed by atoms with Gasteiger partial charge in [-0.05, 0) is 61.6 Å². The molecule has 0 bridgehead atoms. The number of carbonyl (C=O) groups excluding carboxylic acids is 1. The molecule has 1 atom stereocenters. The van der Waals surface area contributed by atoms with Crippen LogP contribution in [0, 0.1) is 0 Å². The molecule has 176 valence electrons. The Hall–Kier alpha value is -2.68. The Kier molecular flexibility index (Phi) is 8.15. The SMILES string of the molecule is Nc1ccccc1NC(=O)c1ccc(N2CC[C@H](OC(=S)CCCN3CCOCC3)C2)cc1. The van der Waals surface area contributed by atoms with Gasteiger partial charge in [-0.2, -0.15) is 0 Å². The molecule has 3 N–H and O–H groups in total. The van der Waals surface area contributed by atoms with Gasteiger partial charge < -0.3 is 25.4 Å². The zero-order valence-electron chi connectivity index (χ0n) is 18.9. The van der Waals surface area contributed by atoms with Gasteiger partial charge in [-0.25, -0.2) is 0 Å². The largest absolute Gasteiger partial charge is 0.482 e. The summed E-state index contributed by atoms with van der Waals surface area (Å²) in [6.07, 6.45) is 2.90. The highest BCUT2D eigenvalue weighted by molar-refractivity contribution is 7.80. The summed E-state index contributed by atoms with van der Waals surface area (Å²) in [4.78, 5) is 17.2. The fraction of sp³-hybridized carbons (Fsp3) is 0.440. The van der Waals surface area contributed by atoms with Crippen LogP contribution in [0.25, 0.3) is 0 Å². The maximum absolute atomic E-state index is 12.5. The third-order valence-electron chi connectivity index (χ3n) is 6.11. The van der Waals surface area contributed by atoms with Crippen molar-refractivity contribution in [3.8, 4) is 0 Å². The molecule has 33 heavy (non-hydrogen) atoms. The molecular formula is C25H32N4O3S. The predicted molar refractivity (Wildman–Crippen MR) is 136 cm³/mol. The number of nitrogen functional groups attached to an aromatic ring is 1. The highest BCUT2D eigenvalue weighted by Gasteiger charge is 2.25. The van der Waals surface area contributed by atoms with Crippen molar-refractivity contribution in [2.45, 2.75) is 25.4 Å². The Balaban J connectivity index is 1.21. The number of amides is 1. The fourth-order valence-electron chi connectivity index (χ4n) is 4.20. The Morgan fingerprint density at radius 3 is 2.64 bits per heavy atom. The molecule has 1 amide bonds. The van der Waals surface area contributed by atoms with E-state index in [2.05, 4.69) is 15.1 Å². The van der Waals surface area contributed by atoms with Gasteiger partial charge in [0.2, 0.25) is 0 Å². The number of nitrogens with two attached hydrogens (primary N) is 1. The van der Waals surface area contributed by atoms with Crippen LogP contribution in [-0.4, -0.2) is 67.9 Å². The molecule has 2 aliphatic heterocycles. The van der Waals surface area contributed by atoms with Gasteiger partial charge in [0, 0.05) is 43.7 Å². The summed E-state index contributed by atoms with van der Waals surface area (Å²) < 4.78 is 11.5. The Morgan fingerprint density at radius 1 is 1.12 bits per heavy atom. The van der Waals surface area contributed by atoms with Gasteiger partial charge in [0.15, 0.2) is 5.05 Å². The number of hydrogen-bond donors (Lipinski definition) is 2. The van der Waals surface area contributed by atoms with Crippen LogP contribution in [0.1, 0.15) is 29.6 Å². The van der Waals surface area contributed by atoms with Crippen molar-refractivity contribution in [1.29, 1.82) is 0 Å². The lowest BCUT2D eigenvalue weighted by molar-refractivity contribution is 0.0375. The maximum Gasteiger partial charge on any atom is 0.255 e. The summed E-state index contributed by atoms with van der Waals surface area (Å²) in [5, 5.41) is 3.57. The topological polar surface area (TPSA) is 80.1 Å². The number of nitrogens with zero attached hydrogens (tertiary/aromatic N) is 2. The van der Waals surface area contributed by atoms with Crippen molar-refractivity contribution in [1.82, 2.24) is 4.90 Å². The highest BCUT2D eigenvalue weighted by Crippen LogP contribution is 2.24. The van der Waals surface area contributed by atoms with E-state index in [0.29, 0.717) is 22.0 Å². The second-order valence-electron chi connectivity index (χ2n) is 8.49. The first kappa shape index (κ1) is 23.5. The summed E-state index contributed by atoms with van der Waals surface area (Å²) in [7, 11) is 0. The number of carbonyl (C=O) groups is 1. The number of nitrogens with one attached hydrogen (secondary N) is 1. The standard InChI is InChI=1S/C25H32N4O3S/c26-22-4-1-2-5-23(22)27-25(30)19-7-9-20(10-8-19)29-13-11-21(18-29)32-24(33)6-3-12-28-14-16-31-17-15-28/h1-2,4-5,7-10,21H,3,6,11-18,26H2,(H,27,30)/t21-/m0/s1. The van der Waals surface area contributed by atoms with E-state index >= 15 is 0 Å². The van der Waals surface area contributed by atoms with E-state index < -0.39 is 0 Å². The highest BCUT2D eigenvalue weighted by atomic mass is 32.1. The van der Waals surface area contributed by atoms with E-state index in [1.807, 2.05) is 36.4 Å². The van der Waals surface area contributed by atoms with Gasteiger partial charge >= 0.3 is 0 Å². The number of benzene rings is 2. The van der Waals surface area contributed by atoms with E-state index in [1.54, 1.807) is 12.1 Å².